The van der Waals surface area contributed by atoms with Gasteiger partial charge in [-0.05, 0) is 64.2 Å². The van der Waals surface area contributed by atoms with Gasteiger partial charge in [-0.3, -0.25) is 13.8 Å². The Labute approximate surface area is 320 Å². The van der Waals surface area contributed by atoms with Gasteiger partial charge >= 0.3 is 7.82 Å². The van der Waals surface area contributed by atoms with Crippen LogP contribution in [0.5, 0.6) is 0 Å². The lowest BCUT2D eigenvalue weighted by Crippen LogP contribution is -2.45. The summed E-state index contributed by atoms with van der Waals surface area (Å²) >= 11 is 0. The van der Waals surface area contributed by atoms with Gasteiger partial charge < -0.3 is 19.8 Å². The van der Waals surface area contributed by atoms with Gasteiger partial charge in [-0.25, -0.2) is 4.57 Å². The van der Waals surface area contributed by atoms with Crippen LogP contribution in [-0.4, -0.2) is 73.4 Å². The van der Waals surface area contributed by atoms with Crippen molar-refractivity contribution in [3.63, 3.8) is 0 Å². The number of allylic oxidation sites excluding steroid dienone is 9. The highest BCUT2D eigenvalue weighted by atomic mass is 31.2. The van der Waals surface area contributed by atoms with Gasteiger partial charge in [-0.15, -0.1) is 0 Å². The Morgan fingerprint density at radius 3 is 1.77 bits per heavy atom. The van der Waals surface area contributed by atoms with Crippen molar-refractivity contribution in [1.82, 2.24) is 5.32 Å². The number of nitrogens with zero attached hydrogens (tertiary/aromatic N) is 1. The number of aliphatic hydroxyl groups excluding tert-OH is 1. The Hall–Kier alpha value is -1.80. The highest BCUT2D eigenvalue weighted by molar-refractivity contribution is 7.47. The minimum Gasteiger partial charge on any atom is -0.387 e. The fraction of sp³-hybridized carbons (Fsp3) is 0.744. The molecular formula is C43H80N2O6P+. The standard InChI is InChI=1S/C43H79N2O6P/c1-6-8-10-12-14-16-18-20-21-22-23-25-26-28-30-32-34-36-42(46)41(40-51-52(48,49)50-39-38-45(3,4)5)44-43(47)37-35-33-31-29-27-24-19-17-15-13-11-9-7-2/h9,11,15,17,24,26-28,34,36,41-42,46H,6-8,10,12-14,16,18-23,25,29-33,35,37-40H2,1-5H3,(H-,44,47,48,49)/p+1/b11-9-,17-15-,27-24-,28-26+,36-34+. The highest BCUT2D eigenvalue weighted by Crippen LogP contribution is 2.43. The molecule has 0 saturated heterocycles. The van der Waals surface area contributed by atoms with Gasteiger partial charge in [0.2, 0.25) is 5.91 Å². The first-order chi connectivity index (χ1) is 25.0. The smallest absolute Gasteiger partial charge is 0.387 e. The molecule has 0 aromatic carbocycles. The van der Waals surface area contributed by atoms with Crippen LogP contribution in [0.2, 0.25) is 0 Å². The van der Waals surface area contributed by atoms with Crippen LogP contribution in [0.3, 0.4) is 0 Å². The SMILES string of the molecule is CC/C=C\C/C=C\C/C=C\CCCCCC(=O)NC(COP(=O)(O)OCC[N+](C)(C)C)C(O)/C=C/CC/C=C/CCCCCCCCCCCCC. The van der Waals surface area contributed by atoms with Crippen LogP contribution in [0, 0.1) is 0 Å². The molecule has 8 nitrogen and oxygen atoms in total. The van der Waals surface area contributed by atoms with Gasteiger partial charge in [-0.1, -0.05) is 145 Å². The third-order valence-electron chi connectivity index (χ3n) is 8.72. The average Bonchev–Trinajstić information content (AvgIpc) is 3.09. The number of phosphoric ester groups is 1. The van der Waals surface area contributed by atoms with E-state index in [9.17, 15) is 19.4 Å². The number of quaternary nitrogens is 1. The van der Waals surface area contributed by atoms with Crippen LogP contribution in [0.1, 0.15) is 155 Å². The van der Waals surface area contributed by atoms with E-state index in [2.05, 4.69) is 67.8 Å². The Kier molecular flexibility index (Phi) is 33.7. The van der Waals surface area contributed by atoms with Crippen molar-refractivity contribution in [3.8, 4) is 0 Å². The number of rotatable bonds is 36. The number of carbonyl (C=O) groups is 1. The normalized spacial score (nSPS) is 15.1. The number of likely N-dealkylation sites (N-methyl/N-ethyl adjacent to an activating group) is 1. The van der Waals surface area contributed by atoms with Crippen LogP contribution in [0.25, 0.3) is 0 Å². The summed E-state index contributed by atoms with van der Waals surface area (Å²) in [5.74, 6) is -0.220. The average molecular weight is 752 g/mol. The van der Waals surface area contributed by atoms with Crippen LogP contribution in [0.4, 0.5) is 0 Å². The minimum absolute atomic E-state index is 0.0477. The summed E-state index contributed by atoms with van der Waals surface area (Å²) in [7, 11) is 1.52. The van der Waals surface area contributed by atoms with Gasteiger partial charge in [0.1, 0.15) is 13.2 Å². The molecular weight excluding hydrogens is 671 g/mol. The largest absolute Gasteiger partial charge is 0.472 e. The lowest BCUT2D eigenvalue weighted by atomic mass is 10.1. The van der Waals surface area contributed by atoms with E-state index in [0.717, 1.165) is 64.2 Å². The lowest BCUT2D eigenvalue weighted by molar-refractivity contribution is -0.870. The fourth-order valence-electron chi connectivity index (χ4n) is 5.42. The Morgan fingerprint density at radius 1 is 0.673 bits per heavy atom. The van der Waals surface area contributed by atoms with E-state index < -0.39 is 20.0 Å². The monoisotopic (exact) mass is 752 g/mol. The van der Waals surface area contributed by atoms with Gasteiger partial charge in [0, 0.05) is 6.42 Å². The number of aliphatic hydroxyl groups is 1. The van der Waals surface area contributed by atoms with Gasteiger partial charge in [0.05, 0.1) is 39.9 Å². The van der Waals surface area contributed by atoms with E-state index in [0.29, 0.717) is 17.4 Å². The van der Waals surface area contributed by atoms with Crippen LogP contribution in [-0.2, 0) is 18.4 Å². The van der Waals surface area contributed by atoms with E-state index in [-0.39, 0.29) is 19.1 Å². The van der Waals surface area contributed by atoms with Gasteiger partial charge in [0.25, 0.3) is 0 Å². The maximum atomic E-state index is 12.8. The first kappa shape index (κ1) is 50.2. The molecule has 302 valence electrons. The van der Waals surface area contributed by atoms with Gasteiger partial charge in [0.15, 0.2) is 0 Å². The molecule has 0 bridgehead atoms. The van der Waals surface area contributed by atoms with E-state index >= 15 is 0 Å². The molecule has 9 heteroatoms. The zero-order valence-corrected chi connectivity index (χ0v) is 34.9. The fourth-order valence-corrected chi connectivity index (χ4v) is 6.16. The molecule has 0 heterocycles. The molecule has 0 aromatic rings. The van der Waals surface area contributed by atoms with Crippen molar-refractivity contribution in [3.05, 3.63) is 60.8 Å². The molecule has 0 radical (unpaired) electrons. The third-order valence-corrected chi connectivity index (χ3v) is 9.71. The predicted octanol–water partition coefficient (Wildman–Crippen LogP) is 11.1. The number of phosphoric acid groups is 1. The zero-order valence-electron chi connectivity index (χ0n) is 34.0. The molecule has 0 spiro atoms. The van der Waals surface area contributed by atoms with Gasteiger partial charge in [-0.2, -0.15) is 0 Å². The van der Waals surface area contributed by atoms with Crippen molar-refractivity contribution in [2.24, 2.45) is 0 Å². The maximum Gasteiger partial charge on any atom is 0.472 e. The number of hydrogen-bond acceptors (Lipinski definition) is 5. The zero-order chi connectivity index (χ0) is 38.6. The number of hydrogen-bond donors (Lipinski definition) is 3. The second-order valence-electron chi connectivity index (χ2n) is 15.0. The molecule has 3 N–H and O–H groups in total. The van der Waals surface area contributed by atoms with Crippen LogP contribution in [0.15, 0.2) is 60.8 Å². The molecule has 52 heavy (non-hydrogen) atoms. The first-order valence-electron chi connectivity index (χ1n) is 20.7. The molecule has 1 amide bonds. The summed E-state index contributed by atoms with van der Waals surface area (Å²) in [6, 6.07) is -0.878. The highest BCUT2D eigenvalue weighted by Gasteiger charge is 2.27. The number of amides is 1. The van der Waals surface area contributed by atoms with Crippen molar-refractivity contribution in [1.29, 1.82) is 0 Å². The summed E-state index contributed by atoms with van der Waals surface area (Å²) in [5.41, 5.74) is 0. The second kappa shape index (κ2) is 34.9. The summed E-state index contributed by atoms with van der Waals surface area (Å²) < 4.78 is 23.5. The summed E-state index contributed by atoms with van der Waals surface area (Å²) in [6.45, 7) is 4.63. The molecule has 0 aliphatic heterocycles. The Morgan fingerprint density at radius 2 is 1.17 bits per heavy atom. The van der Waals surface area contributed by atoms with E-state index in [4.69, 9.17) is 9.05 Å². The molecule has 0 aliphatic rings. The first-order valence-corrected chi connectivity index (χ1v) is 22.2. The third kappa shape index (κ3) is 36.6. The van der Waals surface area contributed by atoms with Crippen molar-refractivity contribution >= 4 is 13.7 Å². The predicted molar refractivity (Wildman–Crippen MR) is 221 cm³/mol. The van der Waals surface area contributed by atoms with Crippen molar-refractivity contribution < 1.29 is 32.9 Å². The quantitative estimate of drug-likeness (QED) is 0.0255. The molecule has 3 unspecified atom stereocenters. The van der Waals surface area contributed by atoms with E-state index in [1.54, 1.807) is 6.08 Å². The lowest BCUT2D eigenvalue weighted by Gasteiger charge is -2.25. The van der Waals surface area contributed by atoms with E-state index in [1.165, 1.54) is 70.6 Å². The second-order valence-corrected chi connectivity index (χ2v) is 16.4. The van der Waals surface area contributed by atoms with Crippen molar-refractivity contribution in [2.75, 3.05) is 40.9 Å². The summed E-state index contributed by atoms with van der Waals surface area (Å²) in [5, 5.41) is 13.7. The molecule has 3 atom stereocenters. The van der Waals surface area contributed by atoms with Crippen LogP contribution < -0.4 is 5.32 Å². The maximum absolute atomic E-state index is 12.8. The van der Waals surface area contributed by atoms with Crippen molar-refractivity contribution in [2.45, 2.75) is 167 Å². The molecule has 0 rings (SSSR count). The topological polar surface area (TPSA) is 105 Å². The Bertz CT molecular complexity index is 1030. The number of unbranched alkanes of at least 4 members (excludes halogenated alkanes) is 15. The molecule has 0 aliphatic carbocycles. The molecule has 0 fully saturated rings. The Balaban J connectivity index is 4.59. The van der Waals surface area contributed by atoms with Crippen LogP contribution >= 0.6 is 7.82 Å². The number of carbonyl (C=O) groups excluding carboxylic acids is 1. The molecule has 0 saturated carbocycles. The summed E-state index contributed by atoms with van der Waals surface area (Å²) in [6.07, 6.45) is 44.4. The summed E-state index contributed by atoms with van der Waals surface area (Å²) in [4.78, 5) is 23.0. The minimum atomic E-state index is -4.35. The molecule has 0 aromatic heterocycles. The van der Waals surface area contributed by atoms with E-state index in [1.807, 2.05) is 27.2 Å². The number of nitrogens with one attached hydrogen (secondary N) is 1.